The molecular formula is C10H13N5OS. The molecule has 0 bridgehead atoms. The lowest BCUT2D eigenvalue weighted by molar-refractivity contribution is -0.121. The maximum Gasteiger partial charge on any atom is 0.241 e. The van der Waals surface area contributed by atoms with Crippen molar-refractivity contribution < 1.29 is 4.79 Å². The second-order valence-corrected chi connectivity index (χ2v) is 4.36. The molecule has 2 rings (SSSR count). The van der Waals surface area contributed by atoms with E-state index in [0.29, 0.717) is 6.54 Å². The zero-order valence-corrected chi connectivity index (χ0v) is 10.2. The molecule has 90 valence electrons. The number of likely N-dealkylation sites (N-methyl/N-ethyl adjacent to an activating group) is 1. The molecule has 1 amide bonds. The highest BCUT2D eigenvalue weighted by Crippen LogP contribution is 2.09. The molecule has 0 radical (unpaired) electrons. The topological polar surface area (TPSA) is 71.8 Å². The fraction of sp³-hybridized carbons (Fsp3) is 0.300. The van der Waals surface area contributed by atoms with Crippen LogP contribution in [0.2, 0.25) is 0 Å². The van der Waals surface area contributed by atoms with E-state index in [0.717, 1.165) is 10.7 Å². The normalized spacial score (nSPS) is 10.2. The standard InChI is InChI=1S/C10H13N5OS/c1-11-9(16)7-15-6-8(4-14-15)13-5-10-12-2-3-17-10/h2-4,6,13H,5,7H2,1H3,(H,11,16). The molecule has 2 aromatic rings. The molecule has 0 saturated carbocycles. The summed E-state index contributed by atoms with van der Waals surface area (Å²) in [7, 11) is 1.60. The van der Waals surface area contributed by atoms with E-state index >= 15 is 0 Å². The highest BCUT2D eigenvalue weighted by molar-refractivity contribution is 7.09. The SMILES string of the molecule is CNC(=O)Cn1cc(NCc2nccs2)cn1. The van der Waals surface area contributed by atoms with Crippen LogP contribution >= 0.6 is 11.3 Å². The Balaban J connectivity index is 1.88. The average molecular weight is 251 g/mol. The van der Waals surface area contributed by atoms with E-state index in [4.69, 9.17) is 0 Å². The van der Waals surface area contributed by atoms with Crippen LogP contribution in [0.15, 0.2) is 24.0 Å². The van der Waals surface area contributed by atoms with Gasteiger partial charge < -0.3 is 10.6 Å². The Labute approximate surface area is 103 Å². The van der Waals surface area contributed by atoms with E-state index in [1.165, 1.54) is 0 Å². The number of rotatable bonds is 5. The third kappa shape index (κ3) is 3.28. The maximum atomic E-state index is 11.1. The molecule has 0 aliphatic rings. The summed E-state index contributed by atoms with van der Waals surface area (Å²) in [5.74, 6) is -0.0698. The van der Waals surface area contributed by atoms with E-state index in [9.17, 15) is 4.79 Å². The van der Waals surface area contributed by atoms with Crippen molar-refractivity contribution in [2.24, 2.45) is 0 Å². The Hall–Kier alpha value is -1.89. The summed E-state index contributed by atoms with van der Waals surface area (Å²) in [4.78, 5) is 15.3. The molecular weight excluding hydrogens is 238 g/mol. The fourth-order valence-electron chi connectivity index (χ4n) is 1.29. The van der Waals surface area contributed by atoms with Gasteiger partial charge in [-0.25, -0.2) is 4.98 Å². The number of carbonyl (C=O) groups excluding carboxylic acids is 1. The molecule has 0 saturated heterocycles. The molecule has 2 aromatic heterocycles. The van der Waals surface area contributed by atoms with Crippen molar-refractivity contribution in [3.8, 4) is 0 Å². The zero-order chi connectivity index (χ0) is 12.1. The van der Waals surface area contributed by atoms with Crippen LogP contribution < -0.4 is 10.6 Å². The minimum absolute atomic E-state index is 0.0698. The number of anilines is 1. The predicted octanol–water partition coefficient (Wildman–Crippen LogP) is 0.698. The second kappa shape index (κ2) is 5.44. The first kappa shape index (κ1) is 11.6. The number of carbonyl (C=O) groups is 1. The Morgan fingerprint density at radius 1 is 1.59 bits per heavy atom. The maximum absolute atomic E-state index is 11.1. The molecule has 0 aliphatic heterocycles. The lowest BCUT2D eigenvalue weighted by Crippen LogP contribution is -2.23. The fourth-order valence-corrected chi connectivity index (χ4v) is 1.84. The van der Waals surface area contributed by atoms with Gasteiger partial charge in [0.05, 0.1) is 18.4 Å². The van der Waals surface area contributed by atoms with Gasteiger partial charge in [0.1, 0.15) is 11.6 Å². The van der Waals surface area contributed by atoms with Gasteiger partial charge in [0.25, 0.3) is 0 Å². The minimum atomic E-state index is -0.0698. The van der Waals surface area contributed by atoms with Gasteiger partial charge in [-0.2, -0.15) is 5.10 Å². The van der Waals surface area contributed by atoms with Crippen molar-refractivity contribution in [3.05, 3.63) is 29.0 Å². The van der Waals surface area contributed by atoms with E-state index in [-0.39, 0.29) is 12.5 Å². The van der Waals surface area contributed by atoms with Crippen LogP contribution in [0.25, 0.3) is 0 Å². The van der Waals surface area contributed by atoms with Gasteiger partial charge >= 0.3 is 0 Å². The number of hydrogen-bond donors (Lipinski definition) is 2. The largest absolute Gasteiger partial charge is 0.376 e. The average Bonchev–Trinajstić information content (AvgIpc) is 2.97. The summed E-state index contributed by atoms with van der Waals surface area (Å²) in [6.07, 6.45) is 5.26. The van der Waals surface area contributed by atoms with Gasteiger partial charge in [-0.1, -0.05) is 0 Å². The number of nitrogens with zero attached hydrogens (tertiary/aromatic N) is 3. The molecule has 2 N–H and O–H groups in total. The molecule has 0 fully saturated rings. The lowest BCUT2D eigenvalue weighted by atomic mass is 10.5. The smallest absolute Gasteiger partial charge is 0.241 e. The number of nitrogens with one attached hydrogen (secondary N) is 2. The van der Waals surface area contributed by atoms with Gasteiger partial charge in [0.2, 0.25) is 5.91 Å². The van der Waals surface area contributed by atoms with Crippen LogP contribution in [-0.4, -0.2) is 27.7 Å². The van der Waals surface area contributed by atoms with Crippen LogP contribution in [0.1, 0.15) is 5.01 Å². The van der Waals surface area contributed by atoms with E-state index in [2.05, 4.69) is 20.7 Å². The first-order chi connectivity index (χ1) is 8.28. The summed E-state index contributed by atoms with van der Waals surface area (Å²) in [5.41, 5.74) is 0.879. The summed E-state index contributed by atoms with van der Waals surface area (Å²) >= 11 is 1.60. The van der Waals surface area contributed by atoms with Crippen LogP contribution in [-0.2, 0) is 17.9 Å². The van der Waals surface area contributed by atoms with Gasteiger partial charge in [-0.15, -0.1) is 11.3 Å². The van der Waals surface area contributed by atoms with E-state index in [1.807, 2.05) is 5.38 Å². The third-order valence-corrected chi connectivity index (χ3v) is 2.92. The molecule has 0 atom stereocenters. The minimum Gasteiger partial charge on any atom is -0.376 e. The van der Waals surface area contributed by atoms with Gasteiger partial charge in [-0.3, -0.25) is 9.48 Å². The van der Waals surface area contributed by atoms with Crippen LogP contribution in [0, 0.1) is 0 Å². The molecule has 2 heterocycles. The van der Waals surface area contributed by atoms with E-state index < -0.39 is 0 Å². The molecule has 6 nitrogen and oxygen atoms in total. The lowest BCUT2D eigenvalue weighted by Gasteiger charge is -2.00. The molecule has 0 unspecified atom stereocenters. The monoisotopic (exact) mass is 251 g/mol. The van der Waals surface area contributed by atoms with Crippen LogP contribution in [0.3, 0.4) is 0 Å². The first-order valence-corrected chi connectivity index (χ1v) is 6.01. The summed E-state index contributed by atoms with van der Waals surface area (Å²) in [5, 5.41) is 12.8. The summed E-state index contributed by atoms with van der Waals surface area (Å²) < 4.78 is 1.59. The Morgan fingerprint density at radius 3 is 3.18 bits per heavy atom. The zero-order valence-electron chi connectivity index (χ0n) is 9.38. The van der Waals surface area contributed by atoms with Gasteiger partial charge in [0.15, 0.2) is 0 Å². The Morgan fingerprint density at radius 2 is 2.47 bits per heavy atom. The van der Waals surface area contributed by atoms with Crippen molar-refractivity contribution in [2.75, 3.05) is 12.4 Å². The molecule has 0 spiro atoms. The molecule has 0 aliphatic carbocycles. The van der Waals surface area contributed by atoms with Gasteiger partial charge in [-0.05, 0) is 0 Å². The van der Waals surface area contributed by atoms with Crippen molar-refractivity contribution in [1.82, 2.24) is 20.1 Å². The van der Waals surface area contributed by atoms with Crippen molar-refractivity contribution in [3.63, 3.8) is 0 Å². The highest BCUT2D eigenvalue weighted by atomic mass is 32.1. The highest BCUT2D eigenvalue weighted by Gasteiger charge is 2.03. The third-order valence-electron chi connectivity index (χ3n) is 2.14. The molecule has 0 aromatic carbocycles. The quantitative estimate of drug-likeness (QED) is 0.820. The summed E-state index contributed by atoms with van der Waals surface area (Å²) in [6.45, 7) is 0.902. The first-order valence-electron chi connectivity index (χ1n) is 5.13. The predicted molar refractivity (Wildman–Crippen MR) is 65.7 cm³/mol. The number of aromatic nitrogens is 3. The number of amides is 1. The Bertz CT molecular complexity index is 479. The van der Waals surface area contributed by atoms with Crippen LogP contribution in [0.5, 0.6) is 0 Å². The van der Waals surface area contributed by atoms with Crippen LogP contribution in [0.4, 0.5) is 5.69 Å². The molecule has 17 heavy (non-hydrogen) atoms. The second-order valence-electron chi connectivity index (χ2n) is 3.38. The van der Waals surface area contributed by atoms with E-state index in [1.54, 1.807) is 41.7 Å². The summed E-state index contributed by atoms with van der Waals surface area (Å²) in [6, 6.07) is 0. The number of hydrogen-bond acceptors (Lipinski definition) is 5. The van der Waals surface area contributed by atoms with Gasteiger partial charge in [0, 0.05) is 24.8 Å². The van der Waals surface area contributed by atoms with Crippen molar-refractivity contribution >= 4 is 22.9 Å². The number of thiazole rings is 1. The Kier molecular flexibility index (Phi) is 3.71. The molecule has 7 heteroatoms. The van der Waals surface area contributed by atoms with Crippen molar-refractivity contribution in [2.45, 2.75) is 13.1 Å². The van der Waals surface area contributed by atoms with Crippen molar-refractivity contribution in [1.29, 1.82) is 0 Å².